The van der Waals surface area contributed by atoms with Gasteiger partial charge in [0.2, 0.25) is 5.91 Å². The summed E-state index contributed by atoms with van der Waals surface area (Å²) in [6.07, 6.45) is 2.17. The second kappa shape index (κ2) is 12.6. The van der Waals surface area contributed by atoms with E-state index in [2.05, 4.69) is 15.3 Å². The van der Waals surface area contributed by atoms with Crippen LogP contribution in [0.1, 0.15) is 31.6 Å². The van der Waals surface area contributed by atoms with Crippen LogP contribution in [0.5, 0.6) is 0 Å². The Bertz CT molecular complexity index is 1670. The number of oxazole rings is 1. The average molecular weight is 577 g/mol. The number of nitrogens with zero attached hydrogens (tertiary/aromatic N) is 3. The predicted octanol–water partition coefficient (Wildman–Crippen LogP) is 7.16. The Balaban J connectivity index is 1.30. The van der Waals surface area contributed by atoms with E-state index < -0.39 is 7.60 Å². The second-order valence-corrected chi connectivity index (χ2v) is 11.3. The van der Waals surface area contributed by atoms with E-state index >= 15 is 0 Å². The molecule has 0 unspecified atom stereocenters. The highest BCUT2D eigenvalue weighted by Gasteiger charge is 2.24. The first kappa shape index (κ1) is 28.4. The van der Waals surface area contributed by atoms with Gasteiger partial charge < -0.3 is 18.8 Å². The summed E-state index contributed by atoms with van der Waals surface area (Å²) in [4.78, 5) is 21.9. The Kier molecular flexibility index (Phi) is 8.73. The number of hydrogen-bond acceptors (Lipinski definition) is 7. The summed E-state index contributed by atoms with van der Waals surface area (Å²) in [5, 5.41) is 2.88. The third kappa shape index (κ3) is 6.79. The van der Waals surface area contributed by atoms with Crippen LogP contribution in [0.15, 0.2) is 83.5 Å². The minimum absolute atomic E-state index is 0.124. The molecule has 0 bridgehead atoms. The number of aryl methyl sites for hydroxylation is 1. The molecule has 0 atom stereocenters. The number of nitrogens with one attached hydrogen (secondary N) is 1. The maximum atomic E-state index is 13.6. The lowest BCUT2D eigenvalue weighted by Gasteiger charge is -2.17. The zero-order chi connectivity index (χ0) is 28.8. The summed E-state index contributed by atoms with van der Waals surface area (Å²) in [7, 11) is -3.22. The fourth-order valence-corrected chi connectivity index (χ4v) is 6.15. The van der Waals surface area contributed by atoms with Gasteiger partial charge in [0.1, 0.15) is 23.6 Å². The van der Waals surface area contributed by atoms with E-state index in [-0.39, 0.29) is 30.7 Å². The minimum Gasteiger partial charge on any atom is -0.427 e. The number of aromatic nitrogens is 3. The van der Waals surface area contributed by atoms with Crippen LogP contribution >= 0.6 is 7.60 Å². The number of benzene rings is 3. The number of fused-ring (bicyclic) bond motifs is 1. The molecule has 5 aromatic rings. The SMILES string of the molecule is CCOP(=O)(Cc1ccc(NC(=O)CCc2oc(-n3cnc4ccccc43)nc2-c2ccc(F)cc2)cc1)OCC. The van der Waals surface area contributed by atoms with E-state index in [0.717, 1.165) is 16.6 Å². The standard InChI is InChI=1S/C30H30FN4O5P/c1-3-38-41(37,39-4-2)19-21-9-15-24(16-10-21)33-28(36)18-17-27-29(22-11-13-23(31)14-12-22)34-30(40-27)35-20-32-25-7-5-6-8-26(25)35/h5-16,20H,3-4,17-19H2,1-2H3,(H,33,36). The highest BCUT2D eigenvalue weighted by Crippen LogP contribution is 2.51. The Labute approximate surface area is 236 Å². The van der Waals surface area contributed by atoms with E-state index in [9.17, 15) is 13.8 Å². The average Bonchev–Trinajstić information content (AvgIpc) is 3.58. The van der Waals surface area contributed by atoms with E-state index in [0.29, 0.717) is 41.9 Å². The first-order valence-electron chi connectivity index (χ1n) is 13.3. The number of amides is 1. The maximum Gasteiger partial charge on any atom is 0.335 e. The molecular weight excluding hydrogens is 546 g/mol. The summed E-state index contributed by atoms with van der Waals surface area (Å²) in [5.74, 6) is -0.0794. The van der Waals surface area contributed by atoms with Crippen LogP contribution in [0.25, 0.3) is 28.3 Å². The molecule has 41 heavy (non-hydrogen) atoms. The Morgan fingerprint density at radius 1 is 1.00 bits per heavy atom. The van der Waals surface area contributed by atoms with Crippen LogP contribution in [-0.2, 0) is 31.0 Å². The summed E-state index contributed by atoms with van der Waals surface area (Å²) in [5.41, 5.74) is 4.20. The van der Waals surface area contributed by atoms with Gasteiger partial charge in [-0.05, 0) is 67.9 Å². The highest BCUT2D eigenvalue weighted by molar-refractivity contribution is 7.53. The number of halogens is 1. The monoisotopic (exact) mass is 576 g/mol. The molecule has 0 aliphatic heterocycles. The number of imidazole rings is 1. The van der Waals surface area contributed by atoms with Crippen molar-refractivity contribution in [3.63, 3.8) is 0 Å². The van der Waals surface area contributed by atoms with E-state index in [1.54, 1.807) is 61.1 Å². The molecule has 0 aliphatic rings. The van der Waals surface area contributed by atoms with Gasteiger partial charge in [0.25, 0.3) is 0 Å². The van der Waals surface area contributed by atoms with Crippen molar-refractivity contribution in [1.82, 2.24) is 14.5 Å². The number of hydrogen-bond donors (Lipinski definition) is 1. The van der Waals surface area contributed by atoms with Crippen molar-refractivity contribution in [2.45, 2.75) is 32.9 Å². The zero-order valence-corrected chi connectivity index (χ0v) is 23.6. The Morgan fingerprint density at radius 3 is 2.41 bits per heavy atom. The van der Waals surface area contributed by atoms with Gasteiger partial charge in [-0.2, -0.15) is 4.98 Å². The van der Waals surface area contributed by atoms with Crippen molar-refractivity contribution in [2.75, 3.05) is 18.5 Å². The van der Waals surface area contributed by atoms with Gasteiger partial charge in [0.05, 0.1) is 30.4 Å². The molecule has 3 aromatic carbocycles. The highest BCUT2D eigenvalue weighted by atomic mass is 31.2. The van der Waals surface area contributed by atoms with E-state index in [4.69, 9.17) is 13.5 Å². The van der Waals surface area contributed by atoms with Gasteiger partial charge in [-0.25, -0.2) is 9.37 Å². The van der Waals surface area contributed by atoms with Gasteiger partial charge in [-0.1, -0.05) is 24.3 Å². The zero-order valence-electron chi connectivity index (χ0n) is 22.7. The minimum atomic E-state index is -3.22. The lowest BCUT2D eigenvalue weighted by Crippen LogP contribution is -2.12. The molecule has 2 heterocycles. The fourth-order valence-electron chi connectivity index (χ4n) is 4.45. The van der Waals surface area contributed by atoms with Crippen molar-refractivity contribution in [1.29, 1.82) is 0 Å². The molecule has 0 saturated heterocycles. The number of carbonyl (C=O) groups is 1. The molecule has 2 aromatic heterocycles. The third-order valence-corrected chi connectivity index (χ3v) is 8.36. The first-order chi connectivity index (χ1) is 19.9. The largest absolute Gasteiger partial charge is 0.427 e. The topological polar surface area (TPSA) is 108 Å². The van der Waals surface area contributed by atoms with E-state index in [1.165, 1.54) is 12.1 Å². The van der Waals surface area contributed by atoms with Crippen molar-refractivity contribution in [3.8, 4) is 17.3 Å². The van der Waals surface area contributed by atoms with Gasteiger partial charge >= 0.3 is 13.6 Å². The summed E-state index contributed by atoms with van der Waals surface area (Å²) in [6, 6.07) is 20.9. The van der Waals surface area contributed by atoms with Gasteiger partial charge in [0.15, 0.2) is 0 Å². The number of anilines is 1. The summed E-state index contributed by atoms with van der Waals surface area (Å²) >= 11 is 0. The fraction of sp³-hybridized carbons (Fsp3) is 0.233. The molecule has 212 valence electrons. The molecule has 0 saturated carbocycles. The lowest BCUT2D eigenvalue weighted by atomic mass is 10.1. The van der Waals surface area contributed by atoms with Crippen LogP contribution in [0.4, 0.5) is 10.1 Å². The first-order valence-corrected chi connectivity index (χ1v) is 15.0. The smallest absolute Gasteiger partial charge is 0.335 e. The van der Waals surface area contributed by atoms with E-state index in [1.807, 2.05) is 24.3 Å². The third-order valence-electron chi connectivity index (χ3n) is 6.31. The Hall–Kier alpha value is -4.11. The van der Waals surface area contributed by atoms with Crippen molar-refractivity contribution < 1.29 is 27.2 Å². The van der Waals surface area contributed by atoms with Crippen LogP contribution < -0.4 is 5.32 Å². The van der Waals surface area contributed by atoms with Crippen LogP contribution in [0.3, 0.4) is 0 Å². The molecular formula is C30H30FN4O5P. The van der Waals surface area contributed by atoms with Crippen molar-refractivity contribution >= 4 is 30.2 Å². The molecule has 0 radical (unpaired) electrons. The number of rotatable bonds is 12. The molecule has 9 nitrogen and oxygen atoms in total. The number of para-hydroxylation sites is 2. The molecule has 0 fully saturated rings. The molecule has 0 aliphatic carbocycles. The summed E-state index contributed by atoms with van der Waals surface area (Å²) < 4.78 is 45.0. The normalized spacial score (nSPS) is 11.7. The lowest BCUT2D eigenvalue weighted by molar-refractivity contribution is -0.116. The number of carbonyl (C=O) groups excluding carboxylic acids is 1. The molecule has 1 amide bonds. The molecule has 11 heteroatoms. The molecule has 5 rings (SSSR count). The quantitative estimate of drug-likeness (QED) is 0.157. The predicted molar refractivity (Wildman–Crippen MR) is 154 cm³/mol. The van der Waals surface area contributed by atoms with Gasteiger partial charge in [-0.15, -0.1) is 0 Å². The van der Waals surface area contributed by atoms with Crippen LogP contribution in [-0.4, -0.2) is 33.7 Å². The van der Waals surface area contributed by atoms with Gasteiger partial charge in [-0.3, -0.25) is 13.9 Å². The van der Waals surface area contributed by atoms with Crippen molar-refractivity contribution in [2.24, 2.45) is 0 Å². The second-order valence-electron chi connectivity index (χ2n) is 9.23. The Morgan fingerprint density at radius 2 is 1.71 bits per heavy atom. The van der Waals surface area contributed by atoms with Crippen LogP contribution in [0.2, 0.25) is 0 Å². The van der Waals surface area contributed by atoms with Gasteiger partial charge in [0, 0.05) is 24.1 Å². The molecule has 1 N–H and O–H groups in total. The molecule has 0 spiro atoms. The van der Waals surface area contributed by atoms with Crippen molar-refractivity contribution in [3.05, 3.63) is 96.3 Å². The van der Waals surface area contributed by atoms with Crippen LogP contribution in [0, 0.1) is 5.82 Å². The maximum absolute atomic E-state index is 13.6. The summed E-state index contributed by atoms with van der Waals surface area (Å²) in [6.45, 7) is 4.12.